The van der Waals surface area contributed by atoms with Crippen LogP contribution >= 0.6 is 11.6 Å². The van der Waals surface area contributed by atoms with E-state index in [9.17, 15) is 9.18 Å². The molecule has 0 spiro atoms. The van der Waals surface area contributed by atoms with E-state index < -0.39 is 17.6 Å². The number of hydrazine groups is 1. The Hall–Kier alpha value is -1.13. The van der Waals surface area contributed by atoms with Gasteiger partial charge in [0.15, 0.2) is 0 Å². The van der Waals surface area contributed by atoms with Crippen molar-refractivity contribution in [3.8, 4) is 0 Å². The van der Waals surface area contributed by atoms with E-state index in [1.807, 2.05) is 5.43 Å². The SMILES string of the molecule is CC(C(=O)NN)c1cc(Cl)ccc1F. The zero-order chi connectivity index (χ0) is 10.7. The smallest absolute Gasteiger partial charge is 0.241 e. The minimum Gasteiger partial charge on any atom is -0.294 e. The molecule has 0 aliphatic heterocycles. The largest absolute Gasteiger partial charge is 0.294 e. The van der Waals surface area contributed by atoms with Crippen LogP contribution in [0, 0.1) is 5.82 Å². The zero-order valence-corrected chi connectivity index (χ0v) is 8.31. The molecule has 76 valence electrons. The van der Waals surface area contributed by atoms with Crippen LogP contribution in [0.3, 0.4) is 0 Å². The third-order valence-corrected chi connectivity index (χ3v) is 2.20. The lowest BCUT2D eigenvalue weighted by molar-refractivity contribution is -0.122. The van der Waals surface area contributed by atoms with E-state index in [0.29, 0.717) is 5.02 Å². The Labute approximate surface area is 86.0 Å². The minimum absolute atomic E-state index is 0.237. The average Bonchev–Trinajstić information content (AvgIpc) is 2.19. The number of rotatable bonds is 2. The highest BCUT2D eigenvalue weighted by molar-refractivity contribution is 6.30. The van der Waals surface area contributed by atoms with Gasteiger partial charge in [-0.3, -0.25) is 10.2 Å². The maximum atomic E-state index is 13.2. The van der Waals surface area contributed by atoms with E-state index in [-0.39, 0.29) is 5.56 Å². The predicted molar refractivity (Wildman–Crippen MR) is 52.2 cm³/mol. The van der Waals surface area contributed by atoms with Crippen LogP contribution < -0.4 is 11.3 Å². The van der Waals surface area contributed by atoms with E-state index in [1.165, 1.54) is 18.2 Å². The number of benzene rings is 1. The molecule has 1 aromatic rings. The molecular formula is C9H10ClFN2O. The summed E-state index contributed by atoms with van der Waals surface area (Å²) >= 11 is 5.68. The highest BCUT2D eigenvalue weighted by Crippen LogP contribution is 2.22. The lowest BCUT2D eigenvalue weighted by Gasteiger charge is -2.11. The molecule has 0 bridgehead atoms. The Kier molecular flexibility index (Phi) is 3.43. The average molecular weight is 217 g/mol. The summed E-state index contributed by atoms with van der Waals surface area (Å²) in [5.74, 6) is 3.37. The van der Waals surface area contributed by atoms with Crippen LogP contribution in [-0.2, 0) is 4.79 Å². The van der Waals surface area contributed by atoms with Gasteiger partial charge in [0.2, 0.25) is 5.91 Å². The van der Waals surface area contributed by atoms with Crippen molar-refractivity contribution in [2.75, 3.05) is 0 Å². The van der Waals surface area contributed by atoms with E-state index in [1.54, 1.807) is 6.92 Å². The lowest BCUT2D eigenvalue weighted by Crippen LogP contribution is -2.34. The molecule has 0 aliphatic rings. The van der Waals surface area contributed by atoms with Gasteiger partial charge in [-0.15, -0.1) is 0 Å². The maximum absolute atomic E-state index is 13.2. The number of nitrogens with one attached hydrogen (secondary N) is 1. The van der Waals surface area contributed by atoms with Crippen molar-refractivity contribution in [1.29, 1.82) is 0 Å². The molecule has 1 amide bonds. The lowest BCUT2D eigenvalue weighted by atomic mass is 10.0. The van der Waals surface area contributed by atoms with Gasteiger partial charge >= 0.3 is 0 Å². The van der Waals surface area contributed by atoms with E-state index >= 15 is 0 Å². The number of hydrogen-bond acceptors (Lipinski definition) is 2. The first kappa shape index (κ1) is 10.9. The molecule has 0 aromatic heterocycles. The van der Waals surface area contributed by atoms with Gasteiger partial charge in [0.25, 0.3) is 0 Å². The van der Waals surface area contributed by atoms with Crippen molar-refractivity contribution in [2.45, 2.75) is 12.8 Å². The summed E-state index contributed by atoms with van der Waals surface area (Å²) in [6, 6.07) is 4.06. The van der Waals surface area contributed by atoms with Gasteiger partial charge in [0, 0.05) is 10.6 Å². The number of nitrogens with two attached hydrogens (primary N) is 1. The normalized spacial score (nSPS) is 12.3. The van der Waals surface area contributed by atoms with Crippen LogP contribution in [0.2, 0.25) is 5.02 Å². The Morgan fingerprint density at radius 1 is 1.64 bits per heavy atom. The zero-order valence-electron chi connectivity index (χ0n) is 7.55. The molecule has 14 heavy (non-hydrogen) atoms. The molecule has 0 fully saturated rings. The maximum Gasteiger partial charge on any atom is 0.241 e. The Bertz CT molecular complexity index is 357. The third-order valence-electron chi connectivity index (χ3n) is 1.96. The second-order valence-corrected chi connectivity index (χ2v) is 3.33. The molecule has 5 heteroatoms. The quantitative estimate of drug-likeness (QED) is 0.448. The molecule has 0 heterocycles. The summed E-state index contributed by atoms with van der Waals surface area (Å²) in [4.78, 5) is 11.1. The summed E-state index contributed by atoms with van der Waals surface area (Å²) < 4.78 is 13.2. The molecule has 1 unspecified atom stereocenters. The van der Waals surface area contributed by atoms with Crippen LogP contribution in [0.25, 0.3) is 0 Å². The van der Waals surface area contributed by atoms with Crippen LogP contribution in [0.5, 0.6) is 0 Å². The van der Waals surface area contributed by atoms with Gasteiger partial charge < -0.3 is 0 Å². The molecular weight excluding hydrogens is 207 g/mol. The highest BCUT2D eigenvalue weighted by Gasteiger charge is 2.17. The van der Waals surface area contributed by atoms with Crippen molar-refractivity contribution in [3.63, 3.8) is 0 Å². The van der Waals surface area contributed by atoms with Gasteiger partial charge in [-0.05, 0) is 25.1 Å². The van der Waals surface area contributed by atoms with E-state index in [4.69, 9.17) is 17.4 Å². The second kappa shape index (κ2) is 4.39. The number of amides is 1. The topological polar surface area (TPSA) is 55.1 Å². The molecule has 1 rings (SSSR count). The fraction of sp³-hybridized carbons (Fsp3) is 0.222. The standard InChI is InChI=1S/C9H10ClFN2O/c1-5(9(14)13-12)7-4-6(10)2-3-8(7)11/h2-5H,12H2,1H3,(H,13,14). The Morgan fingerprint density at radius 2 is 2.29 bits per heavy atom. The van der Waals surface area contributed by atoms with Crippen molar-refractivity contribution in [3.05, 3.63) is 34.6 Å². The van der Waals surface area contributed by atoms with Gasteiger partial charge in [-0.25, -0.2) is 10.2 Å². The summed E-state index contributed by atoms with van der Waals surface area (Å²) in [5, 5.41) is 0.387. The monoisotopic (exact) mass is 216 g/mol. The van der Waals surface area contributed by atoms with E-state index in [0.717, 1.165) is 0 Å². The first-order chi connectivity index (χ1) is 6.56. The van der Waals surface area contributed by atoms with Crippen LogP contribution in [0.4, 0.5) is 4.39 Å². The molecule has 0 aliphatic carbocycles. The van der Waals surface area contributed by atoms with Gasteiger partial charge in [-0.2, -0.15) is 0 Å². The minimum atomic E-state index is -0.654. The molecule has 0 radical (unpaired) electrons. The fourth-order valence-corrected chi connectivity index (χ4v) is 1.29. The number of carbonyl (C=O) groups excluding carboxylic acids is 1. The first-order valence-electron chi connectivity index (χ1n) is 4.01. The molecule has 3 N–H and O–H groups in total. The molecule has 1 aromatic carbocycles. The number of carbonyl (C=O) groups is 1. The molecule has 1 atom stereocenters. The van der Waals surface area contributed by atoms with Crippen molar-refractivity contribution < 1.29 is 9.18 Å². The van der Waals surface area contributed by atoms with Crippen molar-refractivity contribution in [1.82, 2.24) is 5.43 Å². The second-order valence-electron chi connectivity index (χ2n) is 2.90. The first-order valence-corrected chi connectivity index (χ1v) is 4.39. The Balaban J connectivity index is 3.05. The highest BCUT2D eigenvalue weighted by atomic mass is 35.5. The molecule has 0 saturated carbocycles. The van der Waals surface area contributed by atoms with Gasteiger partial charge in [0.05, 0.1) is 5.92 Å². The summed E-state index contributed by atoms with van der Waals surface area (Å²) in [7, 11) is 0. The summed E-state index contributed by atoms with van der Waals surface area (Å²) in [5.41, 5.74) is 2.20. The van der Waals surface area contributed by atoms with Gasteiger partial charge in [0.1, 0.15) is 5.82 Å². The number of halogens is 2. The summed E-state index contributed by atoms with van der Waals surface area (Å²) in [6.07, 6.45) is 0. The van der Waals surface area contributed by atoms with Crippen LogP contribution in [-0.4, -0.2) is 5.91 Å². The van der Waals surface area contributed by atoms with Crippen molar-refractivity contribution in [2.24, 2.45) is 5.84 Å². The molecule has 3 nitrogen and oxygen atoms in total. The predicted octanol–water partition coefficient (Wildman–Crippen LogP) is 1.57. The number of hydrogen-bond donors (Lipinski definition) is 2. The van der Waals surface area contributed by atoms with Crippen LogP contribution in [0.15, 0.2) is 18.2 Å². The van der Waals surface area contributed by atoms with Gasteiger partial charge in [-0.1, -0.05) is 11.6 Å². The van der Waals surface area contributed by atoms with Crippen LogP contribution in [0.1, 0.15) is 18.4 Å². The Morgan fingerprint density at radius 3 is 2.86 bits per heavy atom. The molecule has 0 saturated heterocycles. The fourth-order valence-electron chi connectivity index (χ4n) is 1.11. The van der Waals surface area contributed by atoms with Crippen molar-refractivity contribution >= 4 is 17.5 Å². The third kappa shape index (κ3) is 2.21. The van der Waals surface area contributed by atoms with E-state index in [2.05, 4.69) is 0 Å². The summed E-state index contributed by atoms with van der Waals surface area (Å²) in [6.45, 7) is 1.55.